The maximum absolute atomic E-state index is 11.8. The number of para-hydroxylation sites is 1. The van der Waals surface area contributed by atoms with Crippen molar-refractivity contribution in [3.8, 4) is 11.3 Å². The van der Waals surface area contributed by atoms with Crippen molar-refractivity contribution in [2.75, 3.05) is 43.1 Å². The van der Waals surface area contributed by atoms with E-state index in [2.05, 4.69) is 48.7 Å². The first-order chi connectivity index (χ1) is 17.4. The van der Waals surface area contributed by atoms with Crippen LogP contribution in [0.15, 0.2) is 60.9 Å². The van der Waals surface area contributed by atoms with Crippen LogP contribution < -0.4 is 16.0 Å². The summed E-state index contributed by atoms with van der Waals surface area (Å²) in [6.45, 7) is 3.14. The van der Waals surface area contributed by atoms with E-state index in [9.17, 15) is 4.79 Å². The van der Waals surface area contributed by atoms with Crippen LogP contribution in [-0.4, -0.2) is 57.5 Å². The summed E-state index contributed by atoms with van der Waals surface area (Å²) in [6.07, 6.45) is 3.98. The van der Waals surface area contributed by atoms with E-state index in [0.29, 0.717) is 11.6 Å². The van der Waals surface area contributed by atoms with Gasteiger partial charge in [-0.2, -0.15) is 4.98 Å². The maximum atomic E-state index is 11.8. The number of amides is 1. The van der Waals surface area contributed by atoms with Crippen molar-refractivity contribution in [1.29, 1.82) is 0 Å². The summed E-state index contributed by atoms with van der Waals surface area (Å²) in [5.41, 5.74) is 6.11. The Morgan fingerprint density at radius 3 is 2.69 bits per heavy atom. The molecule has 0 saturated heterocycles. The molecule has 2 aromatic carbocycles. The molecule has 3 aromatic heterocycles. The van der Waals surface area contributed by atoms with E-state index < -0.39 is 0 Å². The highest BCUT2D eigenvalue weighted by Crippen LogP contribution is 2.34. The quantitative estimate of drug-likeness (QED) is 0.254. The molecule has 3 heterocycles. The molecule has 1 amide bonds. The van der Waals surface area contributed by atoms with Gasteiger partial charge >= 0.3 is 0 Å². The molecule has 0 fully saturated rings. The molecule has 0 aliphatic rings. The molecular formula is C27H30N8O. The number of nitrogens with zero attached hydrogens (tertiary/aromatic N) is 4. The molecule has 184 valence electrons. The van der Waals surface area contributed by atoms with E-state index in [1.165, 1.54) is 6.92 Å². The smallest absolute Gasteiger partial charge is 0.229 e. The van der Waals surface area contributed by atoms with Crippen LogP contribution in [-0.2, 0) is 11.8 Å². The van der Waals surface area contributed by atoms with Crippen LogP contribution in [0.5, 0.6) is 0 Å². The zero-order valence-corrected chi connectivity index (χ0v) is 20.9. The highest BCUT2D eigenvalue weighted by Gasteiger charge is 2.16. The van der Waals surface area contributed by atoms with E-state index in [0.717, 1.165) is 57.7 Å². The van der Waals surface area contributed by atoms with Crippen molar-refractivity contribution >= 4 is 50.9 Å². The van der Waals surface area contributed by atoms with Gasteiger partial charge in [0.25, 0.3) is 0 Å². The fourth-order valence-corrected chi connectivity index (χ4v) is 4.35. The molecule has 0 radical (unpaired) electrons. The van der Waals surface area contributed by atoms with E-state index in [1.54, 1.807) is 0 Å². The fraction of sp³-hybridized carbons (Fsp3) is 0.222. The third kappa shape index (κ3) is 4.73. The Morgan fingerprint density at radius 1 is 1.06 bits per heavy atom. The lowest BCUT2D eigenvalue weighted by atomic mass is 10.1. The summed E-state index contributed by atoms with van der Waals surface area (Å²) in [6, 6.07) is 16.1. The van der Waals surface area contributed by atoms with Gasteiger partial charge in [0.2, 0.25) is 11.9 Å². The molecule has 0 unspecified atom stereocenters. The average Bonchev–Trinajstić information content (AvgIpc) is 3.44. The standard InChI is InChI=1S/C27H30N8O/c1-17(36)30-23-15-18(9-10-22(23)28-13-14-34(2)3)31-27-32-25(20-11-12-29-26(20)33-27)21-16-35(4)24-8-6-5-7-19(21)24/h5-12,15-16,28H,13-14H2,1-4H3,(H,30,36)(H2,29,31,32,33). The Labute approximate surface area is 209 Å². The second-order valence-electron chi connectivity index (χ2n) is 9.10. The number of aromatic nitrogens is 4. The van der Waals surface area contributed by atoms with Gasteiger partial charge in [0.05, 0.1) is 17.1 Å². The highest BCUT2D eigenvalue weighted by atomic mass is 16.1. The van der Waals surface area contributed by atoms with Gasteiger partial charge in [-0.25, -0.2) is 4.98 Å². The zero-order valence-electron chi connectivity index (χ0n) is 20.9. The van der Waals surface area contributed by atoms with Crippen molar-refractivity contribution in [3.63, 3.8) is 0 Å². The van der Waals surface area contributed by atoms with Crippen LogP contribution in [0.3, 0.4) is 0 Å². The number of likely N-dealkylation sites (N-methyl/N-ethyl adjacent to an activating group) is 1. The van der Waals surface area contributed by atoms with Gasteiger partial charge in [-0.15, -0.1) is 0 Å². The number of fused-ring (bicyclic) bond motifs is 2. The van der Waals surface area contributed by atoms with E-state index in [4.69, 9.17) is 9.97 Å². The van der Waals surface area contributed by atoms with Crippen LogP contribution in [0, 0.1) is 0 Å². The van der Waals surface area contributed by atoms with Gasteiger partial charge in [0.15, 0.2) is 0 Å². The molecule has 9 heteroatoms. The molecule has 0 bridgehead atoms. The Balaban J connectivity index is 1.51. The number of nitrogens with one attached hydrogen (secondary N) is 4. The predicted octanol–water partition coefficient (Wildman–Crippen LogP) is 4.79. The second kappa shape index (κ2) is 9.71. The van der Waals surface area contributed by atoms with Crippen molar-refractivity contribution in [2.45, 2.75) is 6.92 Å². The SMILES string of the molecule is CC(=O)Nc1cc(Nc2nc(-c3cn(C)c4ccccc34)c3cc[nH]c3n2)ccc1NCCN(C)C. The molecule has 0 saturated carbocycles. The largest absolute Gasteiger partial charge is 0.382 e. The number of hydrogen-bond donors (Lipinski definition) is 4. The number of carbonyl (C=O) groups excluding carboxylic acids is 1. The van der Waals surface area contributed by atoms with Gasteiger partial charge in [-0.3, -0.25) is 4.79 Å². The lowest BCUT2D eigenvalue weighted by Gasteiger charge is -2.16. The van der Waals surface area contributed by atoms with Gasteiger partial charge < -0.3 is 30.4 Å². The van der Waals surface area contributed by atoms with Crippen molar-refractivity contribution in [3.05, 3.63) is 60.9 Å². The number of aryl methyl sites for hydroxylation is 1. The molecule has 4 N–H and O–H groups in total. The summed E-state index contributed by atoms with van der Waals surface area (Å²) >= 11 is 0. The molecule has 9 nitrogen and oxygen atoms in total. The number of rotatable bonds is 8. The predicted molar refractivity (Wildman–Crippen MR) is 147 cm³/mol. The van der Waals surface area contributed by atoms with Crippen LogP contribution in [0.4, 0.5) is 23.0 Å². The Morgan fingerprint density at radius 2 is 1.89 bits per heavy atom. The lowest BCUT2D eigenvalue weighted by molar-refractivity contribution is -0.114. The first kappa shape index (κ1) is 23.4. The minimum Gasteiger partial charge on any atom is -0.382 e. The van der Waals surface area contributed by atoms with E-state index >= 15 is 0 Å². The van der Waals surface area contributed by atoms with Crippen LogP contribution >= 0.6 is 0 Å². The fourth-order valence-electron chi connectivity index (χ4n) is 4.35. The van der Waals surface area contributed by atoms with Crippen molar-refractivity contribution in [2.24, 2.45) is 7.05 Å². The Bertz CT molecular complexity index is 1550. The topological polar surface area (TPSA) is 103 Å². The van der Waals surface area contributed by atoms with Crippen molar-refractivity contribution < 1.29 is 4.79 Å². The molecule has 5 aromatic rings. The summed E-state index contributed by atoms with van der Waals surface area (Å²) in [5, 5.41) is 11.7. The van der Waals surface area contributed by atoms with Crippen LogP contribution in [0.2, 0.25) is 0 Å². The summed E-state index contributed by atoms with van der Waals surface area (Å²) in [7, 11) is 6.09. The Kier molecular flexibility index (Phi) is 6.30. The van der Waals surface area contributed by atoms with Gasteiger partial charge in [-0.05, 0) is 44.4 Å². The normalized spacial score (nSPS) is 11.4. The maximum Gasteiger partial charge on any atom is 0.229 e. The number of anilines is 4. The number of H-pyrrole nitrogens is 1. The molecule has 0 spiro atoms. The van der Waals surface area contributed by atoms with E-state index in [1.807, 2.05) is 63.7 Å². The molecule has 5 rings (SSSR count). The highest BCUT2D eigenvalue weighted by molar-refractivity contribution is 6.03. The zero-order chi connectivity index (χ0) is 25.2. The third-order valence-electron chi connectivity index (χ3n) is 6.03. The minimum atomic E-state index is -0.134. The van der Waals surface area contributed by atoms with Gasteiger partial charge in [-0.1, -0.05) is 18.2 Å². The second-order valence-corrected chi connectivity index (χ2v) is 9.10. The summed E-state index contributed by atoms with van der Waals surface area (Å²) in [5.74, 6) is 0.333. The number of hydrogen-bond acceptors (Lipinski definition) is 6. The first-order valence-electron chi connectivity index (χ1n) is 11.9. The first-order valence-corrected chi connectivity index (χ1v) is 11.9. The Hall–Kier alpha value is -4.37. The molecule has 0 atom stereocenters. The molecule has 36 heavy (non-hydrogen) atoms. The summed E-state index contributed by atoms with van der Waals surface area (Å²) < 4.78 is 2.11. The van der Waals surface area contributed by atoms with Gasteiger partial charge in [0, 0.05) is 67.0 Å². The van der Waals surface area contributed by atoms with Crippen LogP contribution in [0.1, 0.15) is 6.92 Å². The molecular weight excluding hydrogens is 452 g/mol. The summed E-state index contributed by atoms with van der Waals surface area (Å²) in [4.78, 5) is 26.8. The molecule has 0 aliphatic carbocycles. The van der Waals surface area contributed by atoms with Crippen molar-refractivity contribution in [1.82, 2.24) is 24.4 Å². The number of carbonyl (C=O) groups is 1. The lowest BCUT2D eigenvalue weighted by Crippen LogP contribution is -2.21. The third-order valence-corrected chi connectivity index (χ3v) is 6.03. The van der Waals surface area contributed by atoms with Crippen LogP contribution in [0.25, 0.3) is 33.2 Å². The number of aromatic amines is 1. The van der Waals surface area contributed by atoms with Gasteiger partial charge in [0.1, 0.15) is 5.65 Å². The monoisotopic (exact) mass is 482 g/mol. The van der Waals surface area contributed by atoms with E-state index in [-0.39, 0.29) is 5.91 Å². The average molecular weight is 483 g/mol. The minimum absolute atomic E-state index is 0.134. The molecule has 0 aliphatic heterocycles. The number of benzene rings is 2.